The van der Waals surface area contributed by atoms with Crippen molar-refractivity contribution >= 4 is 17.7 Å². The van der Waals surface area contributed by atoms with E-state index in [1.165, 1.54) is 10.5 Å². The highest BCUT2D eigenvalue weighted by atomic mass is 32.2. The van der Waals surface area contributed by atoms with Gasteiger partial charge in [-0.2, -0.15) is 0 Å². The van der Waals surface area contributed by atoms with Crippen molar-refractivity contribution in [2.24, 2.45) is 4.99 Å². The second-order valence-corrected chi connectivity index (χ2v) is 5.05. The van der Waals surface area contributed by atoms with E-state index in [0.717, 1.165) is 25.7 Å². The Kier molecular flexibility index (Phi) is 8.91. The molecule has 1 aromatic rings. The van der Waals surface area contributed by atoms with Crippen LogP contribution in [0.5, 0.6) is 0 Å². The number of benzene rings is 1. The smallest absolute Gasteiger partial charge is 0.191 e. The maximum atomic E-state index is 5.30. The molecule has 0 heterocycles. The van der Waals surface area contributed by atoms with Crippen molar-refractivity contribution in [2.45, 2.75) is 25.3 Å². The van der Waals surface area contributed by atoms with Gasteiger partial charge in [-0.25, -0.2) is 4.99 Å². The van der Waals surface area contributed by atoms with Crippen LogP contribution in [0.25, 0.3) is 0 Å². The van der Waals surface area contributed by atoms with E-state index in [1.807, 2.05) is 6.92 Å². The van der Waals surface area contributed by atoms with Crippen LogP contribution < -0.4 is 10.6 Å². The maximum absolute atomic E-state index is 5.30. The fourth-order valence-corrected chi connectivity index (χ4v) is 2.04. The quantitative estimate of drug-likeness (QED) is 0.335. The van der Waals surface area contributed by atoms with Crippen molar-refractivity contribution in [1.82, 2.24) is 10.6 Å². The maximum Gasteiger partial charge on any atom is 0.191 e. The molecule has 112 valence electrons. The first-order valence-corrected chi connectivity index (χ1v) is 8.25. The van der Waals surface area contributed by atoms with Gasteiger partial charge in [-0.1, -0.05) is 12.1 Å². The molecule has 5 heteroatoms. The topological polar surface area (TPSA) is 45.7 Å². The third-order valence-electron chi connectivity index (χ3n) is 2.67. The normalized spacial score (nSPS) is 11.4. The van der Waals surface area contributed by atoms with E-state index in [9.17, 15) is 0 Å². The Hall–Kier alpha value is -1.20. The Morgan fingerprint density at radius 1 is 1.20 bits per heavy atom. The Bertz CT molecular complexity index is 393. The van der Waals surface area contributed by atoms with Crippen LogP contribution in [0, 0.1) is 0 Å². The zero-order valence-corrected chi connectivity index (χ0v) is 13.4. The monoisotopic (exact) mass is 295 g/mol. The van der Waals surface area contributed by atoms with Crippen LogP contribution in [0.4, 0.5) is 0 Å². The lowest BCUT2D eigenvalue weighted by molar-refractivity contribution is 0.152. The summed E-state index contributed by atoms with van der Waals surface area (Å²) >= 11 is 1.75. The molecule has 0 aromatic heterocycles. The number of hydrogen-bond acceptors (Lipinski definition) is 3. The van der Waals surface area contributed by atoms with Gasteiger partial charge in [0.15, 0.2) is 5.96 Å². The summed E-state index contributed by atoms with van der Waals surface area (Å²) < 4.78 is 5.30. The van der Waals surface area contributed by atoms with Crippen molar-refractivity contribution in [3.05, 3.63) is 29.8 Å². The largest absolute Gasteiger partial charge is 0.380 e. The van der Waals surface area contributed by atoms with Crippen LogP contribution in [0.15, 0.2) is 34.2 Å². The standard InChI is InChI=1S/C15H25N3OS/c1-4-16-15(17-10-11-19-5-2)18-12-13-6-8-14(20-3)9-7-13/h6-9H,4-5,10-12H2,1-3H3,(H2,16,17,18). The van der Waals surface area contributed by atoms with Gasteiger partial charge >= 0.3 is 0 Å². The molecule has 0 fully saturated rings. The Labute approximate surface area is 126 Å². The molecule has 0 radical (unpaired) electrons. The molecule has 1 rings (SSSR count). The molecule has 1 aromatic carbocycles. The molecule has 2 N–H and O–H groups in total. The number of nitrogens with one attached hydrogen (secondary N) is 2. The predicted octanol–water partition coefficient (Wildman–Crippen LogP) is 2.50. The molecule has 0 saturated heterocycles. The van der Waals surface area contributed by atoms with Gasteiger partial charge in [-0.15, -0.1) is 11.8 Å². The first-order valence-electron chi connectivity index (χ1n) is 7.03. The summed E-state index contributed by atoms with van der Waals surface area (Å²) in [5.41, 5.74) is 1.21. The number of thioether (sulfide) groups is 1. The Morgan fingerprint density at radius 2 is 1.95 bits per heavy atom. The zero-order valence-electron chi connectivity index (χ0n) is 12.6. The molecule has 0 aliphatic rings. The van der Waals surface area contributed by atoms with Crippen molar-refractivity contribution in [2.75, 3.05) is 32.6 Å². The van der Waals surface area contributed by atoms with E-state index in [0.29, 0.717) is 13.2 Å². The van der Waals surface area contributed by atoms with Gasteiger partial charge < -0.3 is 15.4 Å². The lowest BCUT2D eigenvalue weighted by Gasteiger charge is -2.11. The van der Waals surface area contributed by atoms with Gasteiger partial charge in [0.05, 0.1) is 13.2 Å². The minimum Gasteiger partial charge on any atom is -0.380 e. The fourth-order valence-electron chi connectivity index (χ4n) is 1.63. The highest BCUT2D eigenvalue weighted by molar-refractivity contribution is 7.98. The van der Waals surface area contributed by atoms with E-state index in [2.05, 4.69) is 53.1 Å². The first kappa shape index (κ1) is 16.9. The molecular formula is C15H25N3OS. The molecule has 0 aliphatic heterocycles. The Morgan fingerprint density at radius 3 is 2.55 bits per heavy atom. The van der Waals surface area contributed by atoms with E-state index in [1.54, 1.807) is 11.8 Å². The summed E-state index contributed by atoms with van der Waals surface area (Å²) in [6.45, 7) is 7.81. The van der Waals surface area contributed by atoms with Gasteiger partial charge in [-0.3, -0.25) is 0 Å². The van der Waals surface area contributed by atoms with Crippen LogP contribution in [0.1, 0.15) is 19.4 Å². The van der Waals surface area contributed by atoms with Crippen molar-refractivity contribution in [1.29, 1.82) is 0 Å². The van der Waals surface area contributed by atoms with Crippen LogP contribution in [-0.4, -0.2) is 38.5 Å². The number of guanidine groups is 1. The summed E-state index contributed by atoms with van der Waals surface area (Å²) in [5, 5.41) is 6.49. The second kappa shape index (κ2) is 10.6. The highest BCUT2D eigenvalue weighted by Crippen LogP contribution is 2.15. The van der Waals surface area contributed by atoms with E-state index in [-0.39, 0.29) is 0 Å². The molecule has 4 nitrogen and oxygen atoms in total. The summed E-state index contributed by atoms with van der Waals surface area (Å²) in [6.07, 6.45) is 2.08. The number of aliphatic imine (C=N–C) groups is 1. The zero-order chi connectivity index (χ0) is 14.6. The van der Waals surface area contributed by atoms with Gasteiger partial charge in [0.2, 0.25) is 0 Å². The third-order valence-corrected chi connectivity index (χ3v) is 3.41. The van der Waals surface area contributed by atoms with E-state index in [4.69, 9.17) is 4.74 Å². The molecule has 0 amide bonds. The van der Waals surface area contributed by atoms with Crippen LogP contribution >= 0.6 is 11.8 Å². The predicted molar refractivity (Wildman–Crippen MR) is 87.5 cm³/mol. The van der Waals surface area contributed by atoms with Gasteiger partial charge in [0.25, 0.3) is 0 Å². The summed E-state index contributed by atoms with van der Waals surface area (Å²) in [4.78, 5) is 5.85. The third kappa shape index (κ3) is 6.82. The summed E-state index contributed by atoms with van der Waals surface area (Å²) in [6, 6.07) is 8.51. The lowest BCUT2D eigenvalue weighted by Crippen LogP contribution is -2.39. The van der Waals surface area contributed by atoms with Gasteiger partial charge in [-0.05, 0) is 37.8 Å². The minimum atomic E-state index is 0.679. The van der Waals surface area contributed by atoms with Crippen LogP contribution in [0.2, 0.25) is 0 Å². The molecule has 0 aliphatic carbocycles. The highest BCUT2D eigenvalue weighted by Gasteiger charge is 1.97. The molecule has 20 heavy (non-hydrogen) atoms. The molecule has 0 atom stereocenters. The molecule has 0 saturated carbocycles. The fraction of sp³-hybridized carbons (Fsp3) is 0.533. The molecule has 0 unspecified atom stereocenters. The van der Waals surface area contributed by atoms with Gasteiger partial charge in [0.1, 0.15) is 0 Å². The number of rotatable bonds is 8. The number of hydrogen-bond donors (Lipinski definition) is 2. The van der Waals surface area contributed by atoms with Crippen molar-refractivity contribution in [3.63, 3.8) is 0 Å². The summed E-state index contributed by atoms with van der Waals surface area (Å²) in [5.74, 6) is 0.834. The Balaban J connectivity index is 2.47. The first-order chi connectivity index (χ1) is 9.80. The molecule has 0 bridgehead atoms. The van der Waals surface area contributed by atoms with E-state index >= 15 is 0 Å². The number of ether oxygens (including phenoxy) is 1. The number of nitrogens with zero attached hydrogens (tertiary/aromatic N) is 1. The van der Waals surface area contributed by atoms with E-state index < -0.39 is 0 Å². The van der Waals surface area contributed by atoms with Crippen LogP contribution in [-0.2, 0) is 11.3 Å². The average Bonchev–Trinajstić information content (AvgIpc) is 2.49. The molecular weight excluding hydrogens is 270 g/mol. The SMILES string of the molecule is CCNC(=NCc1ccc(SC)cc1)NCCOCC. The average molecular weight is 295 g/mol. The summed E-state index contributed by atoms with van der Waals surface area (Å²) in [7, 11) is 0. The minimum absolute atomic E-state index is 0.679. The second-order valence-electron chi connectivity index (χ2n) is 4.17. The van der Waals surface area contributed by atoms with Crippen molar-refractivity contribution < 1.29 is 4.74 Å². The molecule has 0 spiro atoms. The van der Waals surface area contributed by atoms with Gasteiger partial charge in [0, 0.05) is 24.6 Å². The van der Waals surface area contributed by atoms with Crippen molar-refractivity contribution in [3.8, 4) is 0 Å². The van der Waals surface area contributed by atoms with Crippen LogP contribution in [0.3, 0.4) is 0 Å². The lowest BCUT2D eigenvalue weighted by atomic mass is 10.2.